The van der Waals surface area contributed by atoms with Gasteiger partial charge in [-0.3, -0.25) is 0 Å². The lowest BCUT2D eigenvalue weighted by molar-refractivity contribution is 0.0697. The zero-order chi connectivity index (χ0) is 20.1. The average molecular weight is 378 g/mol. The Bertz CT molecular complexity index is 960. The predicted octanol–water partition coefficient (Wildman–Crippen LogP) is 4.07. The lowest BCUT2D eigenvalue weighted by atomic mass is 9.97. The quantitative estimate of drug-likeness (QED) is 0.497. The van der Waals surface area contributed by atoms with E-state index in [2.05, 4.69) is 0 Å². The van der Waals surface area contributed by atoms with Crippen LogP contribution in [-0.4, -0.2) is 26.4 Å². The van der Waals surface area contributed by atoms with E-state index in [0.29, 0.717) is 25.7 Å². The number of hydrogen-bond acceptors (Lipinski definition) is 4. The SMILES string of the molecule is O=C(O)c1ccc(CCc2cc(CCc3ccc(O)cc3)c(O)cc2O)cc1. The van der Waals surface area contributed by atoms with Gasteiger partial charge in [-0.2, -0.15) is 0 Å². The number of benzene rings is 3. The van der Waals surface area contributed by atoms with E-state index < -0.39 is 5.97 Å². The number of aryl methyl sites for hydroxylation is 4. The lowest BCUT2D eigenvalue weighted by Crippen LogP contribution is -1.98. The summed E-state index contributed by atoms with van der Waals surface area (Å²) in [6.45, 7) is 0. The van der Waals surface area contributed by atoms with Gasteiger partial charge in [0.05, 0.1) is 5.56 Å². The van der Waals surface area contributed by atoms with Gasteiger partial charge < -0.3 is 20.4 Å². The smallest absolute Gasteiger partial charge is 0.335 e. The van der Waals surface area contributed by atoms with E-state index in [9.17, 15) is 20.1 Å². The molecule has 4 N–H and O–H groups in total. The summed E-state index contributed by atoms with van der Waals surface area (Å²) in [7, 11) is 0. The Morgan fingerprint density at radius 1 is 0.643 bits per heavy atom. The maximum atomic E-state index is 10.9. The van der Waals surface area contributed by atoms with Gasteiger partial charge >= 0.3 is 5.97 Å². The second kappa shape index (κ2) is 8.48. The number of aromatic carboxylic acids is 1. The zero-order valence-corrected chi connectivity index (χ0v) is 15.3. The van der Waals surface area contributed by atoms with Crippen LogP contribution < -0.4 is 0 Å². The van der Waals surface area contributed by atoms with Crippen LogP contribution in [0.2, 0.25) is 0 Å². The molecular formula is C23H22O5. The molecule has 0 saturated heterocycles. The maximum absolute atomic E-state index is 10.9. The molecule has 5 nitrogen and oxygen atoms in total. The third-order valence-corrected chi connectivity index (χ3v) is 4.78. The molecule has 0 spiro atoms. The highest BCUT2D eigenvalue weighted by molar-refractivity contribution is 5.87. The van der Waals surface area contributed by atoms with E-state index in [-0.39, 0.29) is 22.8 Å². The Morgan fingerprint density at radius 3 is 1.57 bits per heavy atom. The number of carbonyl (C=O) groups is 1. The summed E-state index contributed by atoms with van der Waals surface area (Å²) in [5.41, 5.74) is 3.75. The fraction of sp³-hybridized carbons (Fsp3) is 0.174. The first-order chi connectivity index (χ1) is 13.4. The number of rotatable bonds is 7. The van der Waals surface area contributed by atoms with Gasteiger partial charge in [0, 0.05) is 6.07 Å². The highest BCUT2D eigenvalue weighted by Crippen LogP contribution is 2.29. The molecule has 144 valence electrons. The maximum Gasteiger partial charge on any atom is 0.335 e. The molecule has 5 heteroatoms. The zero-order valence-electron chi connectivity index (χ0n) is 15.3. The van der Waals surface area contributed by atoms with Crippen molar-refractivity contribution in [3.05, 3.63) is 88.5 Å². The predicted molar refractivity (Wildman–Crippen MR) is 106 cm³/mol. The van der Waals surface area contributed by atoms with Crippen molar-refractivity contribution in [1.29, 1.82) is 0 Å². The molecule has 0 amide bonds. The number of hydrogen-bond donors (Lipinski definition) is 4. The Hall–Kier alpha value is -3.47. The van der Waals surface area contributed by atoms with Gasteiger partial charge in [-0.25, -0.2) is 4.79 Å². The number of aromatic hydroxyl groups is 3. The van der Waals surface area contributed by atoms with Gasteiger partial charge in [0.15, 0.2) is 0 Å². The number of carboxylic acids is 1. The molecule has 0 saturated carbocycles. The van der Waals surface area contributed by atoms with Crippen molar-refractivity contribution in [2.45, 2.75) is 25.7 Å². The fourth-order valence-electron chi connectivity index (χ4n) is 3.11. The van der Waals surface area contributed by atoms with Crippen LogP contribution in [0.5, 0.6) is 17.2 Å². The van der Waals surface area contributed by atoms with Crippen LogP contribution in [0.4, 0.5) is 0 Å². The standard InChI is InChI=1S/C23H22O5/c24-20-11-5-16(6-12-20)4-10-19-13-18(21(25)14-22(19)26)9-3-15-1-7-17(8-2-15)23(27)28/h1-2,5-8,11-14,24-26H,3-4,9-10H2,(H,27,28). The molecule has 0 aliphatic rings. The summed E-state index contributed by atoms with van der Waals surface area (Å²) in [5.74, 6) is -0.630. The molecule has 3 rings (SSSR count). The van der Waals surface area contributed by atoms with E-state index in [1.54, 1.807) is 36.4 Å². The topological polar surface area (TPSA) is 98.0 Å². The number of carboxylic acid groups (broad SMARTS) is 1. The summed E-state index contributed by atoms with van der Waals surface area (Å²) < 4.78 is 0. The normalized spacial score (nSPS) is 10.7. The molecule has 0 aliphatic heterocycles. The molecule has 0 bridgehead atoms. The van der Waals surface area contributed by atoms with Crippen molar-refractivity contribution in [1.82, 2.24) is 0 Å². The van der Waals surface area contributed by atoms with Crippen LogP contribution in [0, 0.1) is 0 Å². The van der Waals surface area contributed by atoms with Crippen molar-refractivity contribution < 1.29 is 25.2 Å². The Balaban J connectivity index is 1.68. The third-order valence-electron chi connectivity index (χ3n) is 4.78. The molecule has 0 heterocycles. The van der Waals surface area contributed by atoms with E-state index in [0.717, 1.165) is 22.3 Å². The summed E-state index contributed by atoms with van der Waals surface area (Å²) >= 11 is 0. The summed E-state index contributed by atoms with van der Waals surface area (Å²) in [4.78, 5) is 10.9. The largest absolute Gasteiger partial charge is 0.508 e. The average Bonchev–Trinajstić information content (AvgIpc) is 2.68. The second-order valence-electron chi connectivity index (χ2n) is 6.78. The molecule has 28 heavy (non-hydrogen) atoms. The van der Waals surface area contributed by atoms with Gasteiger partial charge in [-0.15, -0.1) is 0 Å². The van der Waals surface area contributed by atoms with Gasteiger partial charge in [0.25, 0.3) is 0 Å². The Labute approximate surface area is 163 Å². The van der Waals surface area contributed by atoms with Crippen LogP contribution in [0.25, 0.3) is 0 Å². The van der Waals surface area contributed by atoms with Crippen LogP contribution in [0.1, 0.15) is 32.6 Å². The minimum atomic E-state index is -0.957. The molecule has 0 aliphatic carbocycles. The summed E-state index contributed by atoms with van der Waals surface area (Å²) in [6, 6.07) is 16.8. The fourth-order valence-corrected chi connectivity index (χ4v) is 3.11. The van der Waals surface area contributed by atoms with E-state index in [1.165, 1.54) is 6.07 Å². The molecule has 0 radical (unpaired) electrons. The van der Waals surface area contributed by atoms with Gasteiger partial charge in [-0.05, 0) is 78.3 Å². The van der Waals surface area contributed by atoms with Crippen molar-refractivity contribution >= 4 is 5.97 Å². The van der Waals surface area contributed by atoms with E-state index in [4.69, 9.17) is 5.11 Å². The van der Waals surface area contributed by atoms with E-state index in [1.807, 2.05) is 18.2 Å². The van der Waals surface area contributed by atoms with Gasteiger partial charge in [0.1, 0.15) is 17.2 Å². The monoisotopic (exact) mass is 378 g/mol. The number of phenolic OH excluding ortho intramolecular Hbond substituents is 3. The number of phenols is 3. The highest BCUT2D eigenvalue weighted by Gasteiger charge is 2.10. The molecule has 0 unspecified atom stereocenters. The Kier molecular flexibility index (Phi) is 5.84. The van der Waals surface area contributed by atoms with Crippen LogP contribution >= 0.6 is 0 Å². The summed E-state index contributed by atoms with van der Waals surface area (Å²) in [6.07, 6.45) is 2.53. The Morgan fingerprint density at radius 2 is 1.11 bits per heavy atom. The van der Waals surface area contributed by atoms with Crippen LogP contribution in [0.15, 0.2) is 60.7 Å². The molecule has 0 fully saturated rings. The minimum absolute atomic E-state index is 0.0491. The van der Waals surface area contributed by atoms with Crippen LogP contribution in [0.3, 0.4) is 0 Å². The second-order valence-corrected chi connectivity index (χ2v) is 6.78. The molecule has 0 atom stereocenters. The van der Waals surface area contributed by atoms with Crippen molar-refractivity contribution in [2.75, 3.05) is 0 Å². The minimum Gasteiger partial charge on any atom is -0.508 e. The van der Waals surface area contributed by atoms with Crippen molar-refractivity contribution in [3.63, 3.8) is 0 Å². The highest BCUT2D eigenvalue weighted by atomic mass is 16.4. The first-order valence-electron chi connectivity index (χ1n) is 9.06. The molecule has 0 aromatic heterocycles. The first kappa shape index (κ1) is 19.3. The van der Waals surface area contributed by atoms with Gasteiger partial charge in [0.2, 0.25) is 0 Å². The third kappa shape index (κ3) is 4.82. The lowest BCUT2D eigenvalue weighted by Gasteiger charge is -2.11. The first-order valence-corrected chi connectivity index (χ1v) is 9.06. The van der Waals surface area contributed by atoms with Crippen LogP contribution in [-0.2, 0) is 25.7 Å². The van der Waals surface area contributed by atoms with E-state index >= 15 is 0 Å². The van der Waals surface area contributed by atoms with Crippen molar-refractivity contribution in [3.8, 4) is 17.2 Å². The molecule has 3 aromatic carbocycles. The van der Waals surface area contributed by atoms with Gasteiger partial charge in [-0.1, -0.05) is 24.3 Å². The summed E-state index contributed by atoms with van der Waals surface area (Å²) in [5, 5.41) is 38.6. The molecule has 3 aromatic rings. The van der Waals surface area contributed by atoms with Crippen molar-refractivity contribution in [2.24, 2.45) is 0 Å². The molecular weight excluding hydrogens is 356 g/mol.